The average molecular weight is 461 g/mol. The van der Waals surface area contributed by atoms with Gasteiger partial charge in [-0.05, 0) is 35.4 Å². The predicted octanol–water partition coefficient (Wildman–Crippen LogP) is 5.12. The summed E-state index contributed by atoms with van der Waals surface area (Å²) in [4.78, 5) is 18.1. The van der Waals surface area contributed by atoms with Crippen molar-refractivity contribution in [3.63, 3.8) is 0 Å². The Labute approximate surface area is 197 Å². The zero-order valence-corrected chi connectivity index (χ0v) is 19.4. The van der Waals surface area contributed by atoms with Crippen molar-refractivity contribution in [3.05, 3.63) is 53.7 Å². The molecule has 2 aliphatic rings. The van der Waals surface area contributed by atoms with E-state index in [2.05, 4.69) is 56.6 Å². The number of imidazole rings is 1. The number of nitrogens with one attached hydrogen (secondary N) is 1. The lowest BCUT2D eigenvalue weighted by Crippen LogP contribution is -2.37. The van der Waals surface area contributed by atoms with Crippen LogP contribution < -0.4 is 10.2 Å². The van der Waals surface area contributed by atoms with E-state index in [1.54, 1.807) is 11.3 Å². The van der Waals surface area contributed by atoms with Crippen LogP contribution in [0.1, 0.15) is 37.3 Å². The molecule has 6 rings (SSSR count). The molecule has 0 radical (unpaired) electrons. The van der Waals surface area contributed by atoms with Crippen LogP contribution in [0.3, 0.4) is 0 Å². The fourth-order valence-electron chi connectivity index (χ4n) is 4.80. The lowest BCUT2D eigenvalue weighted by atomic mass is 10.1. The third-order valence-electron chi connectivity index (χ3n) is 6.64. The van der Waals surface area contributed by atoms with Crippen molar-refractivity contribution in [1.82, 2.24) is 19.5 Å². The second-order valence-electron chi connectivity index (χ2n) is 8.76. The van der Waals surface area contributed by atoms with Crippen molar-refractivity contribution in [1.29, 1.82) is 0 Å². The summed E-state index contributed by atoms with van der Waals surface area (Å²) < 4.78 is 7.81. The molecular weight excluding hydrogens is 432 g/mol. The van der Waals surface area contributed by atoms with Gasteiger partial charge in [-0.2, -0.15) is 9.97 Å². The molecule has 1 saturated heterocycles. The van der Waals surface area contributed by atoms with Gasteiger partial charge in [-0.3, -0.25) is 0 Å². The monoisotopic (exact) mass is 460 g/mol. The van der Waals surface area contributed by atoms with E-state index in [1.165, 1.54) is 41.7 Å². The third-order valence-corrected chi connectivity index (χ3v) is 7.56. The van der Waals surface area contributed by atoms with Crippen molar-refractivity contribution in [2.45, 2.75) is 38.3 Å². The summed E-state index contributed by atoms with van der Waals surface area (Å²) in [5, 5.41) is 5.67. The van der Waals surface area contributed by atoms with Crippen LogP contribution in [0, 0.1) is 0 Å². The first-order valence-corrected chi connectivity index (χ1v) is 12.7. The van der Waals surface area contributed by atoms with Crippen molar-refractivity contribution in [3.8, 4) is 10.4 Å². The summed E-state index contributed by atoms with van der Waals surface area (Å²) in [5.41, 5.74) is 4.26. The molecule has 2 fully saturated rings. The molecule has 33 heavy (non-hydrogen) atoms. The van der Waals surface area contributed by atoms with Gasteiger partial charge in [0.25, 0.3) is 0 Å². The summed E-state index contributed by atoms with van der Waals surface area (Å²) >= 11 is 1.76. The van der Waals surface area contributed by atoms with Crippen LogP contribution in [-0.4, -0.2) is 45.8 Å². The molecule has 0 atom stereocenters. The van der Waals surface area contributed by atoms with Crippen molar-refractivity contribution < 1.29 is 4.74 Å². The lowest BCUT2D eigenvalue weighted by Gasteiger charge is -2.27. The molecule has 7 nitrogen and oxygen atoms in total. The zero-order chi connectivity index (χ0) is 22.0. The van der Waals surface area contributed by atoms with Crippen LogP contribution in [0.15, 0.2) is 48.1 Å². The van der Waals surface area contributed by atoms with Gasteiger partial charge < -0.3 is 19.5 Å². The number of ether oxygens (including phenoxy) is 1. The Morgan fingerprint density at radius 2 is 1.85 bits per heavy atom. The average Bonchev–Trinajstić information content (AvgIpc) is 3.65. The number of fused-ring (bicyclic) bond motifs is 1. The summed E-state index contributed by atoms with van der Waals surface area (Å²) in [5.74, 6) is 1.57. The minimum atomic E-state index is 0.486. The molecule has 0 amide bonds. The Kier molecular flexibility index (Phi) is 5.69. The zero-order valence-electron chi connectivity index (χ0n) is 18.6. The van der Waals surface area contributed by atoms with Gasteiger partial charge >= 0.3 is 0 Å². The molecule has 1 aliphatic heterocycles. The summed E-state index contributed by atoms with van der Waals surface area (Å²) in [6, 6.07) is 13.5. The third kappa shape index (κ3) is 4.20. The number of nitrogens with zero attached hydrogens (tertiary/aromatic N) is 5. The highest BCUT2D eigenvalue weighted by atomic mass is 32.1. The van der Waals surface area contributed by atoms with Gasteiger partial charge in [-0.25, -0.2) is 4.98 Å². The topological polar surface area (TPSA) is 68.1 Å². The van der Waals surface area contributed by atoms with Gasteiger partial charge in [0.05, 0.1) is 19.5 Å². The maximum absolute atomic E-state index is 5.54. The lowest BCUT2D eigenvalue weighted by molar-refractivity contribution is 0.122. The number of thiophene rings is 1. The number of anilines is 2. The SMILES string of the molecule is c1csc(-c2ccc(CNc3nc(N4CCOCC4)nc4c3ncn4C3CCCC3)cc2)c1. The molecule has 0 bridgehead atoms. The van der Waals surface area contributed by atoms with Crippen LogP contribution in [0.2, 0.25) is 0 Å². The van der Waals surface area contributed by atoms with E-state index in [0.29, 0.717) is 25.8 Å². The normalized spacial score (nSPS) is 17.2. The number of aromatic nitrogens is 4. The summed E-state index contributed by atoms with van der Waals surface area (Å²) in [7, 11) is 0. The number of hydrogen-bond acceptors (Lipinski definition) is 7. The molecule has 1 saturated carbocycles. The van der Waals surface area contributed by atoms with E-state index in [4.69, 9.17) is 19.7 Å². The van der Waals surface area contributed by atoms with Crippen LogP contribution >= 0.6 is 11.3 Å². The Bertz CT molecular complexity index is 1210. The number of benzene rings is 1. The van der Waals surface area contributed by atoms with Gasteiger partial charge in [-0.15, -0.1) is 11.3 Å². The van der Waals surface area contributed by atoms with E-state index >= 15 is 0 Å². The predicted molar refractivity (Wildman–Crippen MR) is 133 cm³/mol. The van der Waals surface area contributed by atoms with Crippen molar-refractivity contribution in [2.75, 3.05) is 36.5 Å². The molecular formula is C25H28N6OS. The maximum Gasteiger partial charge on any atom is 0.229 e. The molecule has 3 aromatic heterocycles. The van der Waals surface area contributed by atoms with Gasteiger partial charge in [-0.1, -0.05) is 43.2 Å². The van der Waals surface area contributed by atoms with Gasteiger partial charge in [0.15, 0.2) is 17.0 Å². The summed E-state index contributed by atoms with van der Waals surface area (Å²) in [6.07, 6.45) is 6.90. The highest BCUT2D eigenvalue weighted by Crippen LogP contribution is 2.33. The molecule has 170 valence electrons. The fourth-order valence-corrected chi connectivity index (χ4v) is 5.53. The quantitative estimate of drug-likeness (QED) is 0.431. The molecule has 4 heterocycles. The molecule has 0 spiro atoms. The minimum Gasteiger partial charge on any atom is -0.378 e. The van der Waals surface area contributed by atoms with E-state index < -0.39 is 0 Å². The molecule has 4 aromatic rings. The van der Waals surface area contributed by atoms with Crippen LogP contribution in [0.5, 0.6) is 0 Å². The molecule has 1 aromatic carbocycles. The summed E-state index contributed by atoms with van der Waals surface area (Å²) in [6.45, 7) is 3.74. The van der Waals surface area contributed by atoms with E-state index in [-0.39, 0.29) is 0 Å². The molecule has 1 aliphatic carbocycles. The number of morpholine rings is 1. The Hall–Kier alpha value is -2.97. The van der Waals surface area contributed by atoms with E-state index in [0.717, 1.165) is 36.0 Å². The Morgan fingerprint density at radius 1 is 1.03 bits per heavy atom. The second-order valence-corrected chi connectivity index (χ2v) is 9.71. The van der Waals surface area contributed by atoms with Crippen LogP contribution in [0.25, 0.3) is 21.6 Å². The van der Waals surface area contributed by atoms with Gasteiger partial charge in [0, 0.05) is 30.6 Å². The van der Waals surface area contributed by atoms with Crippen LogP contribution in [0.4, 0.5) is 11.8 Å². The highest BCUT2D eigenvalue weighted by Gasteiger charge is 2.23. The Morgan fingerprint density at radius 3 is 2.61 bits per heavy atom. The first kappa shape index (κ1) is 20.6. The minimum absolute atomic E-state index is 0.486. The van der Waals surface area contributed by atoms with E-state index in [1.807, 2.05) is 6.33 Å². The maximum atomic E-state index is 5.54. The number of hydrogen-bond donors (Lipinski definition) is 1. The molecule has 8 heteroatoms. The first-order chi connectivity index (χ1) is 16.3. The smallest absolute Gasteiger partial charge is 0.229 e. The molecule has 1 N–H and O–H groups in total. The van der Waals surface area contributed by atoms with Crippen molar-refractivity contribution in [2.24, 2.45) is 0 Å². The first-order valence-electron chi connectivity index (χ1n) is 11.8. The standard InChI is InChI=1S/C25H28N6OS/c1-2-5-20(4-1)31-17-27-22-23(28-25(29-24(22)31)30-11-13-32-14-12-30)26-16-18-7-9-19(10-8-18)21-6-3-15-33-21/h3,6-10,15,17,20H,1-2,4-5,11-14,16H2,(H,26,28,29). The van der Waals surface area contributed by atoms with Crippen molar-refractivity contribution >= 4 is 34.3 Å². The Balaban J connectivity index is 1.29. The highest BCUT2D eigenvalue weighted by molar-refractivity contribution is 7.13. The fraction of sp³-hybridized carbons (Fsp3) is 0.400. The number of rotatable bonds is 6. The largest absolute Gasteiger partial charge is 0.378 e. The van der Waals surface area contributed by atoms with E-state index in [9.17, 15) is 0 Å². The van der Waals surface area contributed by atoms with Crippen LogP contribution in [-0.2, 0) is 11.3 Å². The molecule has 0 unspecified atom stereocenters. The van der Waals surface area contributed by atoms with Gasteiger partial charge in [0.2, 0.25) is 5.95 Å². The second kappa shape index (κ2) is 9.11. The van der Waals surface area contributed by atoms with Gasteiger partial charge in [0.1, 0.15) is 0 Å².